The smallest absolute Gasteiger partial charge is 0.340 e. The number of aromatic nitrogens is 1. The third-order valence-corrected chi connectivity index (χ3v) is 7.10. The second-order valence-corrected chi connectivity index (χ2v) is 9.33. The van der Waals surface area contributed by atoms with Crippen molar-refractivity contribution in [3.05, 3.63) is 58.5 Å². The van der Waals surface area contributed by atoms with Gasteiger partial charge >= 0.3 is 5.97 Å². The maximum Gasteiger partial charge on any atom is 0.340 e. The minimum Gasteiger partial charge on any atom is -0.492 e. The lowest BCUT2D eigenvalue weighted by Gasteiger charge is -2.17. The van der Waals surface area contributed by atoms with Gasteiger partial charge in [0, 0.05) is 52.6 Å². The van der Waals surface area contributed by atoms with Gasteiger partial charge in [-0.1, -0.05) is 0 Å². The van der Waals surface area contributed by atoms with Gasteiger partial charge in [-0.25, -0.2) is 4.79 Å². The number of amides is 1. The molecule has 1 aliphatic rings. The minimum absolute atomic E-state index is 0.149. The molecule has 2 aromatic heterocycles. The number of halogens is 1. The first kappa shape index (κ1) is 24.2. The molecule has 5 rings (SSSR count). The van der Waals surface area contributed by atoms with Crippen LogP contribution in [0.25, 0.3) is 21.9 Å². The first-order valence-corrected chi connectivity index (χ1v) is 12.3. The van der Waals surface area contributed by atoms with Crippen LogP contribution < -0.4 is 15.0 Å². The number of rotatable bonds is 7. The third kappa shape index (κ3) is 3.90. The number of H-pyrrole nitrogens is 1. The molecule has 0 bridgehead atoms. The molecule has 1 atom stereocenters. The zero-order valence-electron chi connectivity index (χ0n) is 20.7. The van der Waals surface area contributed by atoms with E-state index in [1.807, 2.05) is 39.1 Å². The number of alkyl halides is 1. The molecule has 36 heavy (non-hydrogen) atoms. The predicted octanol–water partition coefficient (Wildman–Crippen LogP) is 4.90. The number of likely N-dealkylation sites (N-methyl/N-ethyl adjacent to an activating group) is 1. The SMILES string of the molecule is CNCCOc1ccc2oc(C(=O)N3C[C@@H](CCl)c4c3cc(C)c3[nH]c(C)c(C(=O)OC)c43)cc2c1. The van der Waals surface area contributed by atoms with E-state index < -0.39 is 5.97 Å². The van der Waals surface area contributed by atoms with Crippen molar-refractivity contribution in [1.29, 1.82) is 0 Å². The Labute approximate surface area is 213 Å². The second-order valence-electron chi connectivity index (χ2n) is 9.02. The minimum atomic E-state index is -0.422. The molecule has 0 unspecified atom stereocenters. The lowest BCUT2D eigenvalue weighted by Crippen LogP contribution is -2.29. The molecule has 3 heterocycles. The molecule has 1 aliphatic heterocycles. The maximum atomic E-state index is 13.7. The van der Waals surface area contributed by atoms with Crippen LogP contribution in [0.2, 0.25) is 0 Å². The maximum absolute atomic E-state index is 13.7. The van der Waals surface area contributed by atoms with E-state index in [2.05, 4.69) is 10.3 Å². The summed E-state index contributed by atoms with van der Waals surface area (Å²) in [6.45, 7) is 5.45. The summed E-state index contributed by atoms with van der Waals surface area (Å²) >= 11 is 6.39. The van der Waals surface area contributed by atoms with Gasteiger partial charge in [0.15, 0.2) is 5.76 Å². The largest absolute Gasteiger partial charge is 0.492 e. The zero-order valence-corrected chi connectivity index (χ0v) is 21.4. The zero-order chi connectivity index (χ0) is 25.6. The number of benzene rings is 2. The van der Waals surface area contributed by atoms with Gasteiger partial charge in [0.25, 0.3) is 5.91 Å². The number of methoxy groups -OCH3 is 1. The average Bonchev–Trinajstić information content (AvgIpc) is 3.56. The molecule has 1 amide bonds. The van der Waals surface area contributed by atoms with E-state index in [9.17, 15) is 9.59 Å². The summed E-state index contributed by atoms with van der Waals surface area (Å²) < 4.78 is 16.7. The first-order chi connectivity index (χ1) is 17.4. The fraction of sp³-hybridized carbons (Fsp3) is 0.333. The number of carbonyl (C=O) groups excluding carboxylic acids is 2. The Morgan fingerprint density at radius 3 is 2.78 bits per heavy atom. The third-order valence-electron chi connectivity index (χ3n) is 6.72. The van der Waals surface area contributed by atoms with Gasteiger partial charge in [-0.05, 0) is 62.4 Å². The molecule has 2 N–H and O–H groups in total. The number of ether oxygens (including phenoxy) is 2. The van der Waals surface area contributed by atoms with Crippen LogP contribution in [0.3, 0.4) is 0 Å². The Morgan fingerprint density at radius 2 is 2.06 bits per heavy atom. The molecule has 0 spiro atoms. The van der Waals surface area contributed by atoms with Crippen LogP contribution in [0.5, 0.6) is 5.75 Å². The van der Waals surface area contributed by atoms with E-state index in [0.717, 1.165) is 45.3 Å². The van der Waals surface area contributed by atoms with Gasteiger partial charge in [-0.3, -0.25) is 4.79 Å². The Kier molecular flexibility index (Phi) is 6.40. The molecule has 0 fully saturated rings. The van der Waals surface area contributed by atoms with Crippen molar-refractivity contribution < 1.29 is 23.5 Å². The van der Waals surface area contributed by atoms with E-state index in [-0.39, 0.29) is 17.6 Å². The molecule has 4 aromatic rings. The number of aryl methyl sites for hydroxylation is 2. The molecular formula is C27H28ClN3O5. The van der Waals surface area contributed by atoms with Crippen LogP contribution in [-0.2, 0) is 4.74 Å². The first-order valence-electron chi connectivity index (χ1n) is 11.8. The Balaban J connectivity index is 1.57. The number of anilines is 1. The highest BCUT2D eigenvalue weighted by Gasteiger charge is 2.37. The molecule has 0 saturated carbocycles. The standard InChI is InChI=1S/C27H28ClN3O5/c1-14-9-19-23(24-22(27(33)34-4)15(2)30-25(14)24)17(12-28)13-31(19)26(32)21-11-16-10-18(35-8-7-29-3)5-6-20(16)36-21/h5-6,9-11,17,29-30H,7-8,12-13H2,1-4H3/t17-/m1/s1. The van der Waals surface area contributed by atoms with Gasteiger partial charge < -0.3 is 29.1 Å². The van der Waals surface area contributed by atoms with Gasteiger partial charge in [0.1, 0.15) is 17.9 Å². The van der Waals surface area contributed by atoms with E-state index >= 15 is 0 Å². The van der Waals surface area contributed by atoms with Crippen molar-refractivity contribution in [2.24, 2.45) is 0 Å². The summed E-state index contributed by atoms with van der Waals surface area (Å²) in [4.78, 5) is 31.4. The molecule has 9 heteroatoms. The molecule has 0 aliphatic carbocycles. The van der Waals surface area contributed by atoms with Crippen molar-refractivity contribution in [2.45, 2.75) is 19.8 Å². The molecule has 188 valence electrons. The summed E-state index contributed by atoms with van der Waals surface area (Å²) in [5, 5.41) is 4.59. The summed E-state index contributed by atoms with van der Waals surface area (Å²) in [7, 11) is 3.23. The average molecular weight is 510 g/mol. The number of furan rings is 1. The Hall–Kier alpha value is -3.49. The number of nitrogens with one attached hydrogen (secondary N) is 2. The number of esters is 1. The lowest BCUT2D eigenvalue weighted by molar-refractivity contribution is 0.0602. The summed E-state index contributed by atoms with van der Waals surface area (Å²) in [5.74, 6) is 0.409. The number of aromatic amines is 1. The van der Waals surface area contributed by atoms with Gasteiger partial charge in [-0.2, -0.15) is 0 Å². The van der Waals surface area contributed by atoms with Crippen molar-refractivity contribution in [2.75, 3.05) is 44.6 Å². The van der Waals surface area contributed by atoms with Gasteiger partial charge in [0.05, 0.1) is 12.7 Å². The number of carbonyl (C=O) groups is 2. The fourth-order valence-corrected chi connectivity index (χ4v) is 5.27. The highest BCUT2D eigenvalue weighted by atomic mass is 35.5. The molecular weight excluding hydrogens is 482 g/mol. The quantitative estimate of drug-likeness (QED) is 0.209. The van der Waals surface area contributed by atoms with Gasteiger partial charge in [0.2, 0.25) is 0 Å². The molecule has 0 radical (unpaired) electrons. The number of hydrogen-bond donors (Lipinski definition) is 2. The number of fused-ring (bicyclic) bond motifs is 4. The summed E-state index contributed by atoms with van der Waals surface area (Å²) in [6.07, 6.45) is 0. The van der Waals surface area contributed by atoms with Crippen molar-refractivity contribution in [1.82, 2.24) is 10.3 Å². The van der Waals surface area contributed by atoms with Crippen LogP contribution in [-0.4, -0.2) is 56.6 Å². The van der Waals surface area contributed by atoms with E-state index in [1.165, 1.54) is 7.11 Å². The van der Waals surface area contributed by atoms with E-state index in [0.29, 0.717) is 35.9 Å². The van der Waals surface area contributed by atoms with E-state index in [4.69, 9.17) is 25.5 Å². The van der Waals surface area contributed by atoms with Gasteiger partial charge in [-0.15, -0.1) is 11.6 Å². The Morgan fingerprint density at radius 1 is 1.25 bits per heavy atom. The van der Waals surface area contributed by atoms with Crippen LogP contribution in [0.1, 0.15) is 43.7 Å². The van der Waals surface area contributed by atoms with Crippen molar-refractivity contribution in [3.63, 3.8) is 0 Å². The predicted molar refractivity (Wildman–Crippen MR) is 140 cm³/mol. The topological polar surface area (TPSA) is 96.8 Å². The number of nitrogens with zero attached hydrogens (tertiary/aromatic N) is 1. The summed E-state index contributed by atoms with van der Waals surface area (Å²) in [6, 6.07) is 9.20. The van der Waals surface area contributed by atoms with E-state index in [1.54, 1.807) is 17.0 Å². The summed E-state index contributed by atoms with van der Waals surface area (Å²) in [5.41, 5.74) is 5.18. The highest BCUT2D eigenvalue weighted by Crippen LogP contribution is 2.45. The van der Waals surface area contributed by atoms with Crippen LogP contribution in [0.15, 0.2) is 34.7 Å². The van der Waals surface area contributed by atoms with Crippen molar-refractivity contribution >= 4 is 51.0 Å². The second kappa shape index (κ2) is 9.52. The fourth-order valence-electron chi connectivity index (χ4n) is 5.02. The highest BCUT2D eigenvalue weighted by molar-refractivity contribution is 6.20. The monoisotopic (exact) mass is 509 g/mol. The van der Waals surface area contributed by atoms with Crippen LogP contribution in [0.4, 0.5) is 5.69 Å². The molecule has 8 nitrogen and oxygen atoms in total. The molecule has 0 saturated heterocycles. The van der Waals surface area contributed by atoms with Crippen LogP contribution in [0, 0.1) is 13.8 Å². The molecule has 2 aromatic carbocycles. The van der Waals surface area contributed by atoms with Crippen LogP contribution >= 0.6 is 11.6 Å². The normalized spacial score (nSPS) is 15.0. The number of hydrogen-bond acceptors (Lipinski definition) is 6. The van der Waals surface area contributed by atoms with Crippen molar-refractivity contribution in [3.8, 4) is 5.75 Å². The Bertz CT molecular complexity index is 1490. The lowest BCUT2D eigenvalue weighted by atomic mass is 9.94.